The van der Waals surface area contributed by atoms with Crippen LogP contribution in [0.25, 0.3) is 0 Å². The Bertz CT molecular complexity index is 1150. The van der Waals surface area contributed by atoms with Crippen molar-refractivity contribution < 1.29 is 43.2 Å². The lowest BCUT2D eigenvalue weighted by Gasteiger charge is -2.35. The van der Waals surface area contributed by atoms with E-state index in [1.54, 1.807) is 26.1 Å². The third-order valence-electron chi connectivity index (χ3n) is 6.39. The normalized spacial score (nSPS) is 26.5. The van der Waals surface area contributed by atoms with Crippen molar-refractivity contribution in [1.82, 2.24) is 9.99 Å². The third-order valence-corrected chi connectivity index (χ3v) is 9.13. The van der Waals surface area contributed by atoms with Gasteiger partial charge in [0.25, 0.3) is 0 Å². The number of hydrogen-bond acceptors (Lipinski definition) is 12. The van der Waals surface area contributed by atoms with Gasteiger partial charge in [0.15, 0.2) is 11.3 Å². The lowest BCUT2D eigenvalue weighted by atomic mass is 9.96. The summed E-state index contributed by atoms with van der Waals surface area (Å²) in [4.78, 5) is 17.9. The van der Waals surface area contributed by atoms with Crippen molar-refractivity contribution in [2.24, 2.45) is 10.4 Å². The average Bonchev–Trinajstić information content (AvgIpc) is 3.17. The second-order valence-electron chi connectivity index (χ2n) is 10.1. The van der Waals surface area contributed by atoms with E-state index in [4.69, 9.17) is 18.5 Å². The SMILES string of the molecule is C=C1N=C(OC)C=CN1[C@@H]1O[C@H](COP(=O)(NCc2ccccc2)OCCSC(=O)C(C)(C)CO)[C@H](O)C1(C)O. The molecule has 2 unspecified atom stereocenters. The summed E-state index contributed by atoms with van der Waals surface area (Å²) in [7, 11) is -2.51. The highest BCUT2D eigenvalue weighted by Gasteiger charge is 2.55. The minimum Gasteiger partial charge on any atom is -0.481 e. The Balaban J connectivity index is 1.66. The molecule has 0 radical (unpaired) electrons. The van der Waals surface area contributed by atoms with Crippen molar-refractivity contribution in [3.05, 3.63) is 60.6 Å². The molecule has 4 N–H and O–H groups in total. The van der Waals surface area contributed by atoms with Crippen LogP contribution in [0.3, 0.4) is 0 Å². The number of benzene rings is 1. The Labute approximate surface area is 238 Å². The van der Waals surface area contributed by atoms with Crippen molar-refractivity contribution in [1.29, 1.82) is 0 Å². The van der Waals surface area contributed by atoms with Gasteiger partial charge in [-0.2, -0.15) is 4.99 Å². The molecule has 0 spiro atoms. The summed E-state index contributed by atoms with van der Waals surface area (Å²) in [5, 5.41) is 33.9. The van der Waals surface area contributed by atoms with Gasteiger partial charge in [-0.3, -0.25) is 13.8 Å². The Hall–Kier alpha value is -2.06. The van der Waals surface area contributed by atoms with Gasteiger partial charge in [0, 0.05) is 24.6 Å². The van der Waals surface area contributed by atoms with Gasteiger partial charge in [-0.05, 0) is 26.3 Å². The lowest BCUT2D eigenvalue weighted by molar-refractivity contribution is -0.119. The van der Waals surface area contributed by atoms with E-state index in [-0.39, 0.29) is 43.1 Å². The first-order valence-electron chi connectivity index (χ1n) is 12.6. The molecule has 0 aromatic heterocycles. The van der Waals surface area contributed by atoms with E-state index >= 15 is 0 Å². The summed E-state index contributed by atoms with van der Waals surface area (Å²) in [6.45, 7) is 7.91. The fourth-order valence-electron chi connectivity index (χ4n) is 3.79. The van der Waals surface area contributed by atoms with Gasteiger partial charge in [-0.15, -0.1) is 0 Å². The summed E-state index contributed by atoms with van der Waals surface area (Å²) in [5.74, 6) is 0.727. The Morgan fingerprint density at radius 3 is 2.65 bits per heavy atom. The second kappa shape index (κ2) is 13.7. The van der Waals surface area contributed by atoms with Crippen molar-refractivity contribution in [2.45, 2.75) is 51.4 Å². The predicted molar refractivity (Wildman–Crippen MR) is 151 cm³/mol. The van der Waals surface area contributed by atoms with Crippen LogP contribution in [0.2, 0.25) is 0 Å². The van der Waals surface area contributed by atoms with Crippen LogP contribution < -0.4 is 5.09 Å². The first-order valence-corrected chi connectivity index (χ1v) is 15.2. The number of nitrogens with zero attached hydrogens (tertiary/aromatic N) is 2. The quantitative estimate of drug-likeness (QED) is 0.194. The summed E-state index contributed by atoms with van der Waals surface area (Å²) in [5.41, 5.74) is -1.85. The molecule has 222 valence electrons. The molecule has 2 aliphatic heterocycles. The smallest absolute Gasteiger partial charge is 0.405 e. The topological polar surface area (TPSA) is 159 Å². The Kier molecular flexibility index (Phi) is 11.1. The van der Waals surface area contributed by atoms with Gasteiger partial charge in [0.2, 0.25) is 5.90 Å². The van der Waals surface area contributed by atoms with Crippen LogP contribution in [0, 0.1) is 5.41 Å². The van der Waals surface area contributed by atoms with E-state index in [2.05, 4.69) is 16.7 Å². The predicted octanol–water partition coefficient (Wildman–Crippen LogP) is 2.38. The molecule has 0 aliphatic carbocycles. The zero-order chi connectivity index (χ0) is 29.6. The van der Waals surface area contributed by atoms with E-state index in [1.165, 1.54) is 18.9 Å². The van der Waals surface area contributed by atoms with Gasteiger partial charge < -0.3 is 29.7 Å². The highest BCUT2D eigenvalue weighted by Crippen LogP contribution is 2.46. The first-order chi connectivity index (χ1) is 18.8. The minimum atomic E-state index is -3.97. The standard InChI is InChI=1S/C26H38N3O9PS/c1-18-28-21(35-5)11-12-29(18)23-26(4,33)22(31)20(38-23)16-37-39(34,27-15-19-9-7-6-8-10-19)36-13-14-40-24(32)25(2,3)17-30/h6-12,20,22-23,30-31,33H,1,13-17H2,2-5H3,(H,27,34)/t20-,22+,23-,26?,39?/m1/s1. The summed E-state index contributed by atoms with van der Waals surface area (Å²) in [6.07, 6.45) is -0.439. The number of thioether (sulfide) groups is 1. The number of ether oxygens (including phenoxy) is 2. The molecule has 0 saturated carbocycles. The maximum atomic E-state index is 13.7. The number of carbonyl (C=O) groups excluding carboxylic acids is 1. The molecule has 2 aliphatic rings. The molecule has 2 heterocycles. The lowest BCUT2D eigenvalue weighted by Crippen LogP contribution is -2.51. The van der Waals surface area contributed by atoms with E-state index in [0.717, 1.165) is 17.3 Å². The fraction of sp³-hybridized carbons (Fsp3) is 0.538. The van der Waals surface area contributed by atoms with Gasteiger partial charge in [0.1, 0.15) is 23.6 Å². The van der Waals surface area contributed by atoms with E-state index in [0.29, 0.717) is 5.90 Å². The number of hydrogen-bond donors (Lipinski definition) is 4. The van der Waals surface area contributed by atoms with Crippen LogP contribution in [-0.4, -0.2) is 88.0 Å². The largest absolute Gasteiger partial charge is 0.481 e. The molecule has 1 fully saturated rings. The minimum absolute atomic E-state index is 0.0936. The van der Waals surface area contributed by atoms with E-state index in [1.807, 2.05) is 30.3 Å². The number of nitrogens with one attached hydrogen (secondary N) is 1. The molecular formula is C26H38N3O9PS. The maximum Gasteiger partial charge on any atom is 0.405 e. The van der Waals surface area contributed by atoms with E-state index < -0.39 is 37.2 Å². The van der Waals surface area contributed by atoms with Gasteiger partial charge in [0.05, 0.1) is 32.3 Å². The number of rotatable bonds is 13. The second-order valence-corrected chi connectivity index (χ2v) is 13.0. The number of carbonyl (C=O) groups is 1. The van der Waals surface area contributed by atoms with Crippen molar-refractivity contribution in [3.8, 4) is 0 Å². The monoisotopic (exact) mass is 599 g/mol. The third kappa shape index (κ3) is 8.03. The fourth-order valence-corrected chi connectivity index (χ4v) is 6.03. The number of aliphatic imine (C=N–C) groups is 1. The average molecular weight is 600 g/mol. The number of aliphatic hydroxyl groups excluding tert-OH is 2. The molecule has 1 aromatic carbocycles. The van der Waals surface area contributed by atoms with Crippen LogP contribution in [-0.2, 0) is 34.4 Å². The van der Waals surface area contributed by atoms with Crippen molar-refractivity contribution in [2.75, 3.05) is 32.7 Å². The zero-order valence-corrected chi connectivity index (χ0v) is 24.8. The van der Waals surface area contributed by atoms with Crippen molar-refractivity contribution in [3.63, 3.8) is 0 Å². The molecule has 1 aromatic rings. The molecule has 3 rings (SSSR count). The molecule has 1 saturated heterocycles. The molecule has 5 atom stereocenters. The molecule has 40 heavy (non-hydrogen) atoms. The first kappa shape index (κ1) is 32.5. The van der Waals surface area contributed by atoms with Gasteiger partial charge in [-0.25, -0.2) is 9.65 Å². The zero-order valence-electron chi connectivity index (χ0n) is 23.1. The summed E-state index contributed by atoms with van der Waals surface area (Å²) >= 11 is 0.959. The molecular weight excluding hydrogens is 561 g/mol. The number of aliphatic hydroxyl groups is 3. The van der Waals surface area contributed by atoms with Gasteiger partial charge in [-0.1, -0.05) is 48.7 Å². The summed E-state index contributed by atoms with van der Waals surface area (Å²) in [6, 6.07) is 9.20. The van der Waals surface area contributed by atoms with Crippen LogP contribution in [0.5, 0.6) is 0 Å². The van der Waals surface area contributed by atoms with Gasteiger partial charge >= 0.3 is 7.75 Å². The Morgan fingerprint density at radius 1 is 1.32 bits per heavy atom. The highest BCUT2D eigenvalue weighted by molar-refractivity contribution is 8.13. The van der Waals surface area contributed by atoms with Crippen LogP contribution >= 0.6 is 19.5 Å². The Morgan fingerprint density at radius 2 is 2.02 bits per heavy atom. The molecule has 0 amide bonds. The van der Waals surface area contributed by atoms with Crippen LogP contribution in [0.15, 0.2) is 60.0 Å². The van der Waals surface area contributed by atoms with E-state index in [9.17, 15) is 24.7 Å². The van der Waals surface area contributed by atoms with Crippen LogP contribution in [0.4, 0.5) is 0 Å². The maximum absolute atomic E-state index is 13.7. The van der Waals surface area contributed by atoms with Crippen molar-refractivity contribution >= 4 is 30.5 Å². The molecule has 0 bridgehead atoms. The number of methoxy groups -OCH3 is 1. The highest BCUT2D eigenvalue weighted by atomic mass is 32.2. The van der Waals surface area contributed by atoms with Crippen LogP contribution in [0.1, 0.15) is 26.3 Å². The molecule has 12 nitrogen and oxygen atoms in total. The molecule has 14 heteroatoms. The summed E-state index contributed by atoms with van der Waals surface area (Å²) < 4.78 is 36.0.